The molecule has 34 heavy (non-hydrogen) atoms. The summed E-state index contributed by atoms with van der Waals surface area (Å²) < 4.78 is 19.2. The van der Waals surface area contributed by atoms with Crippen molar-refractivity contribution >= 4 is 23.2 Å². The first-order valence-corrected chi connectivity index (χ1v) is 12.4. The highest BCUT2D eigenvalue weighted by atomic mass is 32.1. The monoisotopic (exact) mass is 480 g/mol. The molecule has 2 amide bonds. The highest BCUT2D eigenvalue weighted by Gasteiger charge is 2.33. The molecule has 1 aromatic heterocycles. The Labute approximate surface area is 203 Å². The second kappa shape index (κ2) is 10.8. The van der Waals surface area contributed by atoms with E-state index in [1.54, 1.807) is 40.5 Å². The van der Waals surface area contributed by atoms with E-state index in [2.05, 4.69) is 0 Å². The van der Waals surface area contributed by atoms with Crippen molar-refractivity contribution in [1.29, 1.82) is 0 Å². The maximum Gasteiger partial charge on any atom is 0.254 e. The van der Waals surface area contributed by atoms with Gasteiger partial charge in [0.2, 0.25) is 5.91 Å². The van der Waals surface area contributed by atoms with Gasteiger partial charge in [-0.15, -0.1) is 11.3 Å². The Morgan fingerprint density at radius 2 is 1.85 bits per heavy atom. The zero-order chi connectivity index (χ0) is 24.1. The van der Waals surface area contributed by atoms with Crippen molar-refractivity contribution in [2.75, 3.05) is 26.2 Å². The van der Waals surface area contributed by atoms with Gasteiger partial charge in [0.05, 0.1) is 6.04 Å². The summed E-state index contributed by atoms with van der Waals surface area (Å²) in [5, 5.41) is 2.04. The lowest BCUT2D eigenvalue weighted by atomic mass is 10.00. The number of amides is 2. The molecule has 178 valence electrons. The van der Waals surface area contributed by atoms with E-state index in [9.17, 15) is 14.0 Å². The fraction of sp³-hybridized carbons (Fsp3) is 0.333. The minimum Gasteiger partial charge on any atom is -0.491 e. The van der Waals surface area contributed by atoms with Gasteiger partial charge in [0.25, 0.3) is 5.91 Å². The van der Waals surface area contributed by atoms with Gasteiger partial charge in [-0.3, -0.25) is 9.59 Å². The summed E-state index contributed by atoms with van der Waals surface area (Å²) in [6.07, 6.45) is 0.780. The number of thiophene rings is 1. The van der Waals surface area contributed by atoms with Crippen LogP contribution in [0.15, 0.2) is 66.0 Å². The van der Waals surface area contributed by atoms with Gasteiger partial charge >= 0.3 is 0 Å². The Balaban J connectivity index is 1.52. The number of fused-ring (bicyclic) bond motifs is 1. The highest BCUT2D eigenvalue weighted by Crippen LogP contribution is 2.34. The van der Waals surface area contributed by atoms with Crippen LogP contribution in [0.5, 0.6) is 5.75 Å². The molecule has 1 atom stereocenters. The molecular formula is C27H29FN2O3S. The average molecular weight is 481 g/mol. The smallest absolute Gasteiger partial charge is 0.254 e. The van der Waals surface area contributed by atoms with E-state index in [1.807, 2.05) is 48.4 Å². The molecule has 0 aliphatic carbocycles. The van der Waals surface area contributed by atoms with Crippen LogP contribution < -0.4 is 4.74 Å². The van der Waals surface area contributed by atoms with Crippen LogP contribution in [0.4, 0.5) is 4.39 Å². The van der Waals surface area contributed by atoms with Crippen LogP contribution in [0.25, 0.3) is 0 Å². The van der Waals surface area contributed by atoms with Gasteiger partial charge in [-0.05, 0) is 65.7 Å². The Hall–Kier alpha value is -3.19. The summed E-state index contributed by atoms with van der Waals surface area (Å²) in [6.45, 7) is 5.41. The van der Waals surface area contributed by atoms with Crippen molar-refractivity contribution < 1.29 is 18.7 Å². The van der Waals surface area contributed by atoms with Crippen molar-refractivity contribution in [3.8, 4) is 5.75 Å². The van der Waals surface area contributed by atoms with Gasteiger partial charge in [0.15, 0.2) is 0 Å². The molecule has 0 saturated carbocycles. The first-order valence-electron chi connectivity index (χ1n) is 11.5. The van der Waals surface area contributed by atoms with E-state index < -0.39 is 0 Å². The number of benzene rings is 2. The molecule has 7 heteroatoms. The Kier molecular flexibility index (Phi) is 7.63. The zero-order valence-electron chi connectivity index (χ0n) is 19.4. The molecule has 0 saturated heterocycles. The summed E-state index contributed by atoms with van der Waals surface area (Å²) in [4.78, 5) is 31.4. The van der Waals surface area contributed by atoms with Crippen LogP contribution >= 0.6 is 11.3 Å². The summed E-state index contributed by atoms with van der Waals surface area (Å²) >= 11 is 1.68. The molecule has 2 aromatic carbocycles. The van der Waals surface area contributed by atoms with E-state index >= 15 is 0 Å². The van der Waals surface area contributed by atoms with Crippen LogP contribution in [0.3, 0.4) is 0 Å². The van der Waals surface area contributed by atoms with Crippen molar-refractivity contribution in [2.24, 2.45) is 5.92 Å². The second-order valence-electron chi connectivity index (χ2n) is 8.86. The average Bonchev–Trinajstić information content (AvgIpc) is 3.32. The summed E-state index contributed by atoms with van der Waals surface area (Å²) in [7, 11) is 0. The third-order valence-electron chi connectivity index (χ3n) is 5.86. The SMILES string of the molecule is CC(C)CN(CC(=O)N1CCc2sccc2C1COc1ccc(F)cc1)C(=O)c1ccccc1. The molecule has 0 spiro atoms. The van der Waals surface area contributed by atoms with Crippen LogP contribution in [0, 0.1) is 11.7 Å². The molecule has 0 fully saturated rings. The molecule has 1 aliphatic heterocycles. The van der Waals surface area contributed by atoms with Crippen molar-refractivity contribution in [1.82, 2.24) is 9.80 Å². The van der Waals surface area contributed by atoms with Crippen molar-refractivity contribution in [3.63, 3.8) is 0 Å². The molecule has 3 aromatic rings. The zero-order valence-corrected chi connectivity index (χ0v) is 20.3. The van der Waals surface area contributed by atoms with E-state index in [1.165, 1.54) is 17.0 Å². The van der Waals surface area contributed by atoms with Crippen LogP contribution in [-0.4, -0.2) is 47.9 Å². The molecule has 1 unspecified atom stereocenters. The third-order valence-corrected chi connectivity index (χ3v) is 6.85. The maximum absolute atomic E-state index is 13.6. The van der Waals surface area contributed by atoms with Gasteiger partial charge in [-0.25, -0.2) is 4.39 Å². The Bertz CT molecular complexity index is 1110. The van der Waals surface area contributed by atoms with Gasteiger partial charge in [0, 0.05) is 23.5 Å². The number of hydrogen-bond acceptors (Lipinski definition) is 4. The topological polar surface area (TPSA) is 49.9 Å². The molecule has 4 rings (SSSR count). The normalized spacial score (nSPS) is 15.2. The minimum atomic E-state index is -0.324. The van der Waals surface area contributed by atoms with Crippen molar-refractivity contribution in [3.05, 3.63) is 87.9 Å². The lowest BCUT2D eigenvalue weighted by Gasteiger charge is -2.37. The maximum atomic E-state index is 13.6. The molecule has 1 aliphatic rings. The van der Waals surface area contributed by atoms with Crippen LogP contribution in [0.2, 0.25) is 0 Å². The van der Waals surface area contributed by atoms with E-state index in [4.69, 9.17) is 4.74 Å². The molecule has 0 radical (unpaired) electrons. The predicted octanol–water partition coefficient (Wildman–Crippen LogP) is 5.19. The fourth-order valence-electron chi connectivity index (χ4n) is 4.26. The van der Waals surface area contributed by atoms with E-state index in [0.717, 1.165) is 12.0 Å². The van der Waals surface area contributed by atoms with Gasteiger partial charge in [-0.1, -0.05) is 32.0 Å². The number of nitrogens with zero attached hydrogens (tertiary/aromatic N) is 2. The molecule has 5 nitrogen and oxygen atoms in total. The predicted molar refractivity (Wildman–Crippen MR) is 132 cm³/mol. The van der Waals surface area contributed by atoms with E-state index in [0.29, 0.717) is 24.4 Å². The number of carbonyl (C=O) groups excluding carboxylic acids is 2. The summed E-state index contributed by atoms with van der Waals surface area (Å²) in [5.41, 5.74) is 1.66. The van der Waals surface area contributed by atoms with Gasteiger partial charge in [0.1, 0.15) is 24.7 Å². The second-order valence-corrected chi connectivity index (χ2v) is 9.86. The number of halogens is 1. The van der Waals surface area contributed by atoms with Gasteiger partial charge in [-0.2, -0.15) is 0 Å². The lowest BCUT2D eigenvalue weighted by molar-refractivity contribution is -0.135. The number of ether oxygens (including phenoxy) is 1. The van der Waals surface area contributed by atoms with Gasteiger partial charge < -0.3 is 14.5 Å². The largest absolute Gasteiger partial charge is 0.491 e. The number of hydrogen-bond donors (Lipinski definition) is 0. The quantitative estimate of drug-likeness (QED) is 0.446. The summed E-state index contributed by atoms with van der Waals surface area (Å²) in [5.74, 6) is 0.208. The Morgan fingerprint density at radius 3 is 2.56 bits per heavy atom. The molecule has 2 heterocycles. The minimum absolute atomic E-state index is 0.0123. The summed E-state index contributed by atoms with van der Waals surface area (Å²) in [6, 6.07) is 16.7. The lowest BCUT2D eigenvalue weighted by Crippen LogP contribution is -2.48. The van der Waals surface area contributed by atoms with Crippen molar-refractivity contribution in [2.45, 2.75) is 26.3 Å². The molecular weight excluding hydrogens is 451 g/mol. The molecule has 0 bridgehead atoms. The number of rotatable bonds is 8. The first-order chi connectivity index (χ1) is 16.4. The molecule has 0 N–H and O–H groups in total. The Morgan fingerprint density at radius 1 is 1.12 bits per heavy atom. The fourth-order valence-corrected chi connectivity index (χ4v) is 5.19. The van der Waals surface area contributed by atoms with Crippen LogP contribution in [-0.2, 0) is 11.2 Å². The first kappa shape index (κ1) is 24.0. The number of carbonyl (C=O) groups is 2. The highest BCUT2D eigenvalue weighted by molar-refractivity contribution is 7.10. The standard InChI is InChI=1S/C27H29FN2O3S/c1-19(2)16-29(27(32)20-6-4-3-5-7-20)17-26(31)30-14-12-25-23(13-15-34-25)24(30)18-33-22-10-8-21(28)9-11-22/h3-11,13,15,19,24H,12,14,16-18H2,1-2H3. The van der Waals surface area contributed by atoms with E-state index in [-0.39, 0.29) is 42.7 Å². The van der Waals surface area contributed by atoms with Crippen LogP contribution in [0.1, 0.15) is 40.7 Å². The third kappa shape index (κ3) is 5.65.